The number of hydrogen-bond acceptors (Lipinski definition) is 4. The Labute approximate surface area is 111 Å². The predicted octanol–water partition coefficient (Wildman–Crippen LogP) is 2.52. The molecule has 0 atom stereocenters. The molecule has 0 bridgehead atoms. The Morgan fingerprint density at radius 2 is 1.84 bits per heavy atom. The van der Waals surface area contributed by atoms with Crippen molar-refractivity contribution in [2.75, 3.05) is 0 Å². The zero-order valence-corrected chi connectivity index (χ0v) is 11.2. The van der Waals surface area contributed by atoms with Crippen molar-refractivity contribution in [3.63, 3.8) is 0 Å². The summed E-state index contributed by atoms with van der Waals surface area (Å²) in [6.07, 6.45) is 0.0872. The number of hydrogen-bond donors (Lipinski definition) is 2. The lowest BCUT2D eigenvalue weighted by molar-refractivity contribution is -0.112. The third-order valence-corrected chi connectivity index (χ3v) is 2.41. The maximum atomic E-state index is 11.5. The van der Waals surface area contributed by atoms with Gasteiger partial charge in [-0.1, -0.05) is 6.92 Å². The summed E-state index contributed by atoms with van der Waals surface area (Å²) in [7, 11) is 0. The normalized spacial score (nSPS) is 10.3. The van der Waals surface area contributed by atoms with Crippen molar-refractivity contribution >= 4 is 17.5 Å². The average Bonchev–Trinajstić information content (AvgIpc) is 2.35. The molecule has 2 N–H and O–H groups in total. The summed E-state index contributed by atoms with van der Waals surface area (Å²) in [5.74, 6) is -1.11. The van der Waals surface area contributed by atoms with Crippen LogP contribution in [0.15, 0.2) is 18.2 Å². The van der Waals surface area contributed by atoms with Crippen LogP contribution in [0.4, 0.5) is 0 Å². The molecule has 0 unspecified atom stereocenters. The lowest BCUT2D eigenvalue weighted by Crippen LogP contribution is -2.15. The molecule has 0 saturated carbocycles. The van der Waals surface area contributed by atoms with Crippen molar-refractivity contribution < 1.29 is 19.4 Å². The second-order valence-electron chi connectivity index (χ2n) is 4.37. The summed E-state index contributed by atoms with van der Waals surface area (Å²) in [6, 6.07) is 4.21. The largest absolute Gasteiger partial charge is 0.491 e. The third-order valence-electron chi connectivity index (χ3n) is 2.41. The average molecular weight is 263 g/mol. The van der Waals surface area contributed by atoms with Crippen LogP contribution in [0.5, 0.6) is 5.75 Å². The Hall–Kier alpha value is -2.17. The molecule has 5 nitrogen and oxygen atoms in total. The SMILES string of the molecule is CCC(=O)C(=N)c1cc(OC(C)C)cc(C(=O)O)c1. The van der Waals surface area contributed by atoms with E-state index in [9.17, 15) is 9.59 Å². The first kappa shape index (κ1) is 14.9. The van der Waals surface area contributed by atoms with Gasteiger partial charge in [0.1, 0.15) is 11.5 Å². The molecule has 0 amide bonds. The number of aromatic carboxylic acids is 1. The van der Waals surface area contributed by atoms with Gasteiger partial charge in [-0.25, -0.2) is 4.79 Å². The molecule has 0 aromatic heterocycles. The first-order chi connectivity index (χ1) is 8.85. The number of rotatable bonds is 6. The predicted molar refractivity (Wildman–Crippen MR) is 71.3 cm³/mol. The summed E-state index contributed by atoms with van der Waals surface area (Å²) >= 11 is 0. The van der Waals surface area contributed by atoms with Gasteiger partial charge in [0.05, 0.1) is 11.7 Å². The van der Waals surface area contributed by atoms with Gasteiger partial charge in [0.2, 0.25) is 0 Å². The third kappa shape index (κ3) is 3.91. The number of carboxylic acid groups (broad SMARTS) is 1. The summed E-state index contributed by atoms with van der Waals surface area (Å²) < 4.78 is 5.44. The van der Waals surface area contributed by atoms with Crippen LogP contribution in [-0.2, 0) is 4.79 Å². The van der Waals surface area contributed by atoms with Gasteiger partial charge in [-0.15, -0.1) is 0 Å². The molecular formula is C14H17NO4. The standard InChI is InChI=1S/C14H17NO4/c1-4-12(16)13(15)9-5-10(14(17)18)7-11(6-9)19-8(2)3/h5-8,15H,4H2,1-3H3,(H,17,18). The summed E-state index contributed by atoms with van der Waals surface area (Å²) in [5.41, 5.74) is 0.0726. The highest BCUT2D eigenvalue weighted by molar-refractivity contribution is 6.45. The number of benzene rings is 1. The molecule has 1 aromatic carbocycles. The van der Waals surface area contributed by atoms with Crippen LogP contribution in [0.2, 0.25) is 0 Å². The number of carbonyl (C=O) groups is 2. The number of nitrogens with one attached hydrogen (secondary N) is 1. The first-order valence-electron chi connectivity index (χ1n) is 6.02. The van der Waals surface area contributed by atoms with Crippen molar-refractivity contribution in [2.45, 2.75) is 33.3 Å². The number of ether oxygens (including phenoxy) is 1. The quantitative estimate of drug-likeness (QED) is 0.772. The topological polar surface area (TPSA) is 87.5 Å². The van der Waals surface area contributed by atoms with Crippen molar-refractivity contribution in [1.29, 1.82) is 5.41 Å². The highest BCUT2D eigenvalue weighted by Gasteiger charge is 2.15. The monoisotopic (exact) mass is 263 g/mol. The zero-order chi connectivity index (χ0) is 14.6. The molecule has 5 heteroatoms. The van der Waals surface area contributed by atoms with Gasteiger partial charge >= 0.3 is 5.97 Å². The second kappa shape index (κ2) is 6.13. The van der Waals surface area contributed by atoms with Crippen LogP contribution in [0.25, 0.3) is 0 Å². The van der Waals surface area contributed by atoms with Gasteiger partial charge in [0.15, 0.2) is 5.78 Å². The first-order valence-corrected chi connectivity index (χ1v) is 6.02. The fourth-order valence-corrected chi connectivity index (χ4v) is 1.54. The number of carboxylic acids is 1. The van der Waals surface area contributed by atoms with Crippen LogP contribution >= 0.6 is 0 Å². The molecule has 0 aliphatic heterocycles. The van der Waals surface area contributed by atoms with Crippen molar-refractivity contribution in [3.05, 3.63) is 29.3 Å². The minimum absolute atomic E-state index is 0.00167. The molecule has 1 aromatic rings. The smallest absolute Gasteiger partial charge is 0.335 e. The van der Waals surface area contributed by atoms with Gasteiger partial charge in [0.25, 0.3) is 0 Å². The van der Waals surface area contributed by atoms with Gasteiger partial charge < -0.3 is 9.84 Å². The van der Waals surface area contributed by atoms with Gasteiger partial charge in [0, 0.05) is 12.0 Å². The van der Waals surface area contributed by atoms with E-state index in [0.29, 0.717) is 5.75 Å². The minimum Gasteiger partial charge on any atom is -0.491 e. The maximum absolute atomic E-state index is 11.5. The molecule has 1 rings (SSSR count). The van der Waals surface area contributed by atoms with Crippen LogP contribution in [0.1, 0.15) is 43.1 Å². The highest BCUT2D eigenvalue weighted by atomic mass is 16.5. The molecule has 0 aliphatic carbocycles. The van der Waals surface area contributed by atoms with Crippen molar-refractivity contribution in [3.8, 4) is 5.75 Å². The number of Topliss-reactive ketones (excluding diaryl/α,β-unsaturated/α-hetero) is 1. The Bertz CT molecular complexity index is 520. The number of carbonyl (C=O) groups excluding carboxylic acids is 1. The van der Waals surface area contributed by atoms with Crippen molar-refractivity contribution in [1.82, 2.24) is 0 Å². The van der Waals surface area contributed by atoms with E-state index in [1.165, 1.54) is 18.2 Å². The van der Waals surface area contributed by atoms with E-state index >= 15 is 0 Å². The Kier molecular flexibility index (Phi) is 4.80. The van der Waals surface area contributed by atoms with E-state index in [0.717, 1.165) is 0 Å². The van der Waals surface area contributed by atoms with E-state index < -0.39 is 5.97 Å². The summed E-state index contributed by atoms with van der Waals surface area (Å²) in [5, 5.41) is 16.8. The maximum Gasteiger partial charge on any atom is 0.335 e. The fraction of sp³-hybridized carbons (Fsp3) is 0.357. The lowest BCUT2D eigenvalue weighted by Gasteiger charge is -2.12. The summed E-state index contributed by atoms with van der Waals surface area (Å²) in [4.78, 5) is 22.6. The molecular weight excluding hydrogens is 246 g/mol. The molecule has 102 valence electrons. The number of ketones is 1. The molecule has 0 radical (unpaired) electrons. The van der Waals surface area contributed by atoms with Gasteiger partial charge in [-0.05, 0) is 32.0 Å². The van der Waals surface area contributed by atoms with E-state index in [-0.39, 0.29) is 35.1 Å². The van der Waals surface area contributed by atoms with Gasteiger partial charge in [-0.3, -0.25) is 10.2 Å². The lowest BCUT2D eigenvalue weighted by atomic mass is 10.0. The molecule has 0 spiro atoms. The van der Waals surface area contributed by atoms with Crippen LogP contribution in [0.3, 0.4) is 0 Å². The summed E-state index contributed by atoms with van der Waals surface area (Å²) in [6.45, 7) is 5.29. The Morgan fingerprint density at radius 3 is 2.32 bits per heavy atom. The molecule has 19 heavy (non-hydrogen) atoms. The van der Waals surface area contributed by atoms with E-state index in [1.54, 1.807) is 6.92 Å². The molecule has 0 saturated heterocycles. The zero-order valence-electron chi connectivity index (χ0n) is 11.2. The minimum atomic E-state index is -1.12. The molecule has 0 heterocycles. The fourth-order valence-electron chi connectivity index (χ4n) is 1.54. The molecule has 0 fully saturated rings. The van der Waals surface area contributed by atoms with E-state index in [4.69, 9.17) is 15.3 Å². The second-order valence-corrected chi connectivity index (χ2v) is 4.37. The Morgan fingerprint density at radius 1 is 1.26 bits per heavy atom. The van der Waals surface area contributed by atoms with Gasteiger partial charge in [-0.2, -0.15) is 0 Å². The van der Waals surface area contributed by atoms with Crippen LogP contribution < -0.4 is 4.74 Å². The molecule has 0 aliphatic rings. The highest BCUT2D eigenvalue weighted by Crippen LogP contribution is 2.20. The van der Waals surface area contributed by atoms with E-state index in [2.05, 4.69) is 0 Å². The van der Waals surface area contributed by atoms with Crippen LogP contribution in [-0.4, -0.2) is 28.7 Å². The Balaban J connectivity index is 3.23. The van der Waals surface area contributed by atoms with Crippen molar-refractivity contribution in [2.24, 2.45) is 0 Å². The van der Waals surface area contributed by atoms with E-state index in [1.807, 2.05) is 13.8 Å². The van der Waals surface area contributed by atoms with Crippen LogP contribution in [0, 0.1) is 5.41 Å².